The average molecular weight is 494 g/mol. The Labute approximate surface area is 202 Å². The average Bonchev–Trinajstić information content (AvgIpc) is 3.69. The first-order valence-corrected chi connectivity index (χ1v) is 12.0. The van der Waals surface area contributed by atoms with Gasteiger partial charge in [0.2, 0.25) is 0 Å². The molecule has 1 saturated carbocycles. The molecule has 3 aliphatic rings. The summed E-state index contributed by atoms with van der Waals surface area (Å²) >= 11 is 0. The number of rotatable bonds is 5. The van der Waals surface area contributed by atoms with E-state index in [0.717, 1.165) is 25.0 Å². The van der Waals surface area contributed by atoms with E-state index in [2.05, 4.69) is 4.85 Å². The van der Waals surface area contributed by atoms with Crippen molar-refractivity contribution in [3.05, 3.63) is 46.8 Å². The highest BCUT2D eigenvalue weighted by Crippen LogP contribution is 2.39. The molecule has 10 heteroatoms. The Kier molecular flexibility index (Phi) is 6.86. The van der Waals surface area contributed by atoms with Crippen LogP contribution in [0.2, 0.25) is 0 Å². The molecule has 0 unspecified atom stereocenters. The number of aliphatic hydroxyl groups is 1. The number of nitrogens with zero attached hydrogens (tertiary/aromatic N) is 3. The molecular weight excluding hydrogens is 463 g/mol. The van der Waals surface area contributed by atoms with Gasteiger partial charge < -0.3 is 19.6 Å². The summed E-state index contributed by atoms with van der Waals surface area (Å²) in [6.45, 7) is 9.97. The van der Waals surface area contributed by atoms with E-state index in [0.29, 0.717) is 58.9 Å². The molecule has 0 aromatic heterocycles. The molecule has 2 heterocycles. The SMILES string of the molecule is [C-]#[N+]C1(C(=O)N2CCC(N(C(=O)c3ccc([C@](C)(O)C(F)(F)F)cc3)C3CC3)CC2)CCOCC1. The summed E-state index contributed by atoms with van der Waals surface area (Å²) in [5.74, 6) is -0.414. The molecular formula is C25H30F3N3O4. The van der Waals surface area contributed by atoms with Gasteiger partial charge >= 0.3 is 17.6 Å². The van der Waals surface area contributed by atoms with E-state index in [1.165, 1.54) is 12.1 Å². The number of benzene rings is 1. The van der Waals surface area contributed by atoms with Gasteiger partial charge in [0.25, 0.3) is 5.91 Å². The Hall–Kier alpha value is -2.64. The summed E-state index contributed by atoms with van der Waals surface area (Å²) < 4.78 is 44.8. The van der Waals surface area contributed by atoms with Gasteiger partial charge in [0, 0.05) is 30.7 Å². The van der Waals surface area contributed by atoms with Crippen molar-refractivity contribution >= 4 is 11.8 Å². The van der Waals surface area contributed by atoms with Gasteiger partial charge in [-0.2, -0.15) is 13.2 Å². The summed E-state index contributed by atoms with van der Waals surface area (Å²) in [6.07, 6.45) is -1.16. The zero-order valence-electron chi connectivity index (χ0n) is 19.7. The lowest BCUT2D eigenvalue weighted by Crippen LogP contribution is -2.55. The second-order valence-electron chi connectivity index (χ2n) is 9.87. The van der Waals surface area contributed by atoms with E-state index < -0.39 is 17.3 Å². The third-order valence-electron chi connectivity index (χ3n) is 7.50. The Morgan fingerprint density at radius 1 is 1.09 bits per heavy atom. The van der Waals surface area contributed by atoms with Gasteiger partial charge in [-0.1, -0.05) is 12.1 Å². The van der Waals surface area contributed by atoms with Crippen LogP contribution in [0.5, 0.6) is 0 Å². The molecule has 2 aliphatic heterocycles. The van der Waals surface area contributed by atoms with Gasteiger partial charge in [-0.05, 0) is 50.3 Å². The first kappa shape index (κ1) is 25.5. The fraction of sp³-hybridized carbons (Fsp3) is 0.640. The monoisotopic (exact) mass is 493 g/mol. The standard InChI is InChI=1S/C25H30F3N3O4/c1-23(34,25(26,27)28)18-5-3-17(4-6-18)21(32)31(19-7-8-19)20-9-13-30(14-10-20)22(33)24(29-2)11-15-35-16-12-24/h3-6,19-20,34H,7-16H2,1H3/t23-/m0/s1. The summed E-state index contributed by atoms with van der Waals surface area (Å²) in [5.41, 5.74) is -4.12. The van der Waals surface area contributed by atoms with E-state index >= 15 is 0 Å². The molecule has 1 aliphatic carbocycles. The molecule has 2 saturated heterocycles. The van der Waals surface area contributed by atoms with Crippen LogP contribution in [0.4, 0.5) is 13.2 Å². The molecule has 0 bridgehead atoms. The lowest BCUT2D eigenvalue weighted by molar-refractivity contribution is -0.258. The highest BCUT2D eigenvalue weighted by molar-refractivity contribution is 5.95. The van der Waals surface area contributed by atoms with Crippen LogP contribution in [0.1, 0.15) is 61.4 Å². The number of hydrogen-bond donors (Lipinski definition) is 1. The molecule has 1 aromatic carbocycles. The zero-order chi connectivity index (χ0) is 25.4. The molecule has 0 radical (unpaired) electrons. The van der Waals surface area contributed by atoms with Crippen LogP contribution in [-0.4, -0.2) is 76.8 Å². The van der Waals surface area contributed by atoms with Crippen LogP contribution in [0.3, 0.4) is 0 Å². The number of carbonyl (C=O) groups is 2. The lowest BCUT2D eigenvalue weighted by Gasteiger charge is -2.40. The summed E-state index contributed by atoms with van der Waals surface area (Å²) in [6, 6.07) is 4.94. The van der Waals surface area contributed by atoms with Gasteiger partial charge in [0.05, 0.1) is 26.1 Å². The Balaban J connectivity index is 1.43. The number of alkyl halides is 3. The minimum Gasteiger partial charge on any atom is -0.381 e. The van der Waals surface area contributed by atoms with Gasteiger partial charge in [-0.25, -0.2) is 6.57 Å². The van der Waals surface area contributed by atoms with Gasteiger partial charge in [-0.3, -0.25) is 14.4 Å². The van der Waals surface area contributed by atoms with E-state index in [4.69, 9.17) is 11.3 Å². The molecule has 190 valence electrons. The first-order chi connectivity index (χ1) is 16.5. The maximum Gasteiger partial charge on any atom is 0.421 e. The smallest absolute Gasteiger partial charge is 0.381 e. The van der Waals surface area contributed by atoms with Crippen molar-refractivity contribution in [2.75, 3.05) is 26.3 Å². The first-order valence-electron chi connectivity index (χ1n) is 12.0. The number of likely N-dealkylation sites (tertiary alicyclic amines) is 1. The normalized spacial score (nSPS) is 22.7. The zero-order valence-corrected chi connectivity index (χ0v) is 19.7. The van der Waals surface area contributed by atoms with Crippen LogP contribution in [0.15, 0.2) is 24.3 Å². The van der Waals surface area contributed by atoms with Crippen molar-refractivity contribution in [3.63, 3.8) is 0 Å². The summed E-state index contributed by atoms with van der Waals surface area (Å²) in [7, 11) is 0. The van der Waals surface area contributed by atoms with Crippen LogP contribution in [0, 0.1) is 6.57 Å². The minimum atomic E-state index is -4.83. The van der Waals surface area contributed by atoms with Crippen LogP contribution in [-0.2, 0) is 15.1 Å². The molecule has 1 N–H and O–H groups in total. The Bertz CT molecular complexity index is 985. The molecule has 3 fully saturated rings. The van der Waals surface area contributed by atoms with Gasteiger partial charge in [0.15, 0.2) is 5.60 Å². The number of amides is 2. The number of ether oxygens (including phenoxy) is 1. The highest BCUT2D eigenvalue weighted by atomic mass is 19.4. The van der Waals surface area contributed by atoms with E-state index in [-0.39, 0.29) is 35.0 Å². The van der Waals surface area contributed by atoms with Crippen molar-refractivity contribution in [2.24, 2.45) is 0 Å². The van der Waals surface area contributed by atoms with E-state index in [1.807, 2.05) is 4.90 Å². The molecule has 1 aromatic rings. The second-order valence-corrected chi connectivity index (χ2v) is 9.87. The van der Waals surface area contributed by atoms with Crippen molar-refractivity contribution in [1.82, 2.24) is 9.80 Å². The van der Waals surface area contributed by atoms with Gasteiger partial charge in [0.1, 0.15) is 0 Å². The molecule has 1 atom stereocenters. The van der Waals surface area contributed by atoms with Crippen molar-refractivity contribution in [2.45, 2.75) is 74.8 Å². The van der Waals surface area contributed by atoms with Crippen LogP contribution < -0.4 is 0 Å². The summed E-state index contributed by atoms with van der Waals surface area (Å²) in [5, 5.41) is 9.89. The topological polar surface area (TPSA) is 74.4 Å². The van der Waals surface area contributed by atoms with Crippen molar-refractivity contribution in [1.29, 1.82) is 0 Å². The third kappa shape index (κ3) is 4.89. The molecule has 35 heavy (non-hydrogen) atoms. The predicted octanol–water partition coefficient (Wildman–Crippen LogP) is 3.52. The third-order valence-corrected chi connectivity index (χ3v) is 7.50. The number of halogens is 3. The predicted molar refractivity (Wildman–Crippen MR) is 120 cm³/mol. The Morgan fingerprint density at radius 2 is 1.63 bits per heavy atom. The van der Waals surface area contributed by atoms with Crippen molar-refractivity contribution in [3.8, 4) is 0 Å². The number of piperidine rings is 1. The fourth-order valence-corrected chi connectivity index (χ4v) is 4.96. The van der Waals surface area contributed by atoms with Crippen LogP contribution in [0.25, 0.3) is 4.85 Å². The Morgan fingerprint density at radius 3 is 2.11 bits per heavy atom. The molecule has 2 amide bonds. The largest absolute Gasteiger partial charge is 0.421 e. The quantitative estimate of drug-likeness (QED) is 0.637. The lowest BCUT2D eigenvalue weighted by atomic mass is 9.88. The second kappa shape index (κ2) is 9.43. The maximum absolute atomic E-state index is 13.4. The molecule has 7 nitrogen and oxygen atoms in total. The summed E-state index contributed by atoms with van der Waals surface area (Å²) in [4.78, 5) is 33.7. The van der Waals surface area contributed by atoms with Crippen molar-refractivity contribution < 1.29 is 32.6 Å². The van der Waals surface area contributed by atoms with Gasteiger partial charge in [-0.15, -0.1) is 0 Å². The number of carbonyl (C=O) groups excluding carboxylic acids is 2. The maximum atomic E-state index is 13.4. The van der Waals surface area contributed by atoms with E-state index in [9.17, 15) is 27.9 Å². The fourth-order valence-electron chi connectivity index (χ4n) is 4.96. The molecule has 4 rings (SSSR count). The highest BCUT2D eigenvalue weighted by Gasteiger charge is 2.52. The minimum absolute atomic E-state index is 0.0813. The number of hydrogen-bond acceptors (Lipinski definition) is 4. The van der Waals surface area contributed by atoms with E-state index in [1.54, 1.807) is 4.90 Å². The molecule has 0 spiro atoms. The van der Waals surface area contributed by atoms with Crippen LogP contribution >= 0.6 is 0 Å².